The lowest BCUT2D eigenvalue weighted by Crippen LogP contribution is -2.14. The monoisotopic (exact) mass is 493 g/mol. The molecule has 0 saturated heterocycles. The summed E-state index contributed by atoms with van der Waals surface area (Å²) in [4.78, 5) is 14.0. The number of thioether (sulfide) groups is 1. The number of nitriles is 1. The fourth-order valence-corrected chi connectivity index (χ4v) is 6.44. The number of benzene rings is 1. The Bertz CT molecular complexity index is 1230. The summed E-state index contributed by atoms with van der Waals surface area (Å²) >= 11 is 2.92. The molecule has 1 atom stereocenters. The number of carbonyl (C=O) groups is 1. The molecule has 4 rings (SSSR count). The van der Waals surface area contributed by atoms with E-state index in [1.165, 1.54) is 22.2 Å². The Balaban J connectivity index is 1.45. The molecule has 2 aromatic heterocycles. The maximum atomic E-state index is 12.7. The molecular weight excluding hydrogens is 462 g/mol. The molecule has 6 nitrogen and oxygen atoms in total. The Morgan fingerprint density at radius 1 is 1.29 bits per heavy atom. The van der Waals surface area contributed by atoms with Gasteiger partial charge in [-0.3, -0.25) is 4.79 Å². The predicted molar refractivity (Wildman–Crippen MR) is 139 cm³/mol. The molecule has 34 heavy (non-hydrogen) atoms. The summed E-state index contributed by atoms with van der Waals surface area (Å²) in [6, 6.07) is 10.8. The van der Waals surface area contributed by atoms with Crippen LogP contribution >= 0.6 is 23.1 Å². The third-order valence-corrected chi connectivity index (χ3v) is 8.39. The first-order valence-electron chi connectivity index (χ1n) is 11.7. The average Bonchev–Trinajstić information content (AvgIpc) is 3.36. The molecule has 0 radical (unpaired) electrons. The van der Waals surface area contributed by atoms with Crippen LogP contribution in [0.2, 0.25) is 0 Å². The molecule has 0 saturated carbocycles. The zero-order valence-electron chi connectivity index (χ0n) is 20.4. The number of anilines is 1. The Hall–Kier alpha value is -2.63. The second kappa shape index (κ2) is 9.93. The van der Waals surface area contributed by atoms with Gasteiger partial charge in [0.15, 0.2) is 11.0 Å². The van der Waals surface area contributed by atoms with Gasteiger partial charge in [-0.1, -0.05) is 63.7 Å². The van der Waals surface area contributed by atoms with E-state index in [1.54, 1.807) is 11.3 Å². The molecule has 1 aromatic carbocycles. The van der Waals surface area contributed by atoms with E-state index >= 15 is 0 Å². The van der Waals surface area contributed by atoms with Crippen molar-refractivity contribution in [3.05, 3.63) is 45.8 Å². The number of hydrogen-bond donors (Lipinski definition) is 1. The Morgan fingerprint density at radius 3 is 2.68 bits per heavy atom. The van der Waals surface area contributed by atoms with Gasteiger partial charge in [-0.25, -0.2) is 0 Å². The molecular formula is C26H31N5OS2. The molecule has 0 spiro atoms. The molecule has 3 aromatic rings. The number of rotatable bonds is 6. The van der Waals surface area contributed by atoms with Gasteiger partial charge in [-0.05, 0) is 48.6 Å². The lowest BCUT2D eigenvalue weighted by Gasteiger charge is -2.19. The van der Waals surface area contributed by atoms with Crippen LogP contribution in [0.4, 0.5) is 5.00 Å². The van der Waals surface area contributed by atoms with Crippen molar-refractivity contribution >= 4 is 34.0 Å². The minimum atomic E-state index is -0.130. The van der Waals surface area contributed by atoms with Crippen molar-refractivity contribution in [2.24, 2.45) is 5.92 Å². The predicted octanol–water partition coefficient (Wildman–Crippen LogP) is 6.05. The second-order valence-electron chi connectivity index (χ2n) is 9.88. The lowest BCUT2D eigenvalue weighted by molar-refractivity contribution is -0.113. The molecule has 0 fully saturated rings. The number of carbonyl (C=O) groups excluding carboxylic acids is 1. The molecule has 178 valence electrons. The molecule has 8 heteroatoms. The van der Waals surface area contributed by atoms with E-state index in [9.17, 15) is 10.1 Å². The summed E-state index contributed by atoms with van der Waals surface area (Å²) in [5.74, 6) is 1.51. The standard InChI is InChI=1S/C26H31N5OS2/c1-6-31-23(17-8-10-18(11-9-17)26(3,4)5)29-30-25(31)33-15-22(32)28-24-20(14-27)19-12-7-16(2)13-21(19)34-24/h8-11,16H,6-7,12-13,15H2,1-5H3,(H,28,32). The zero-order chi connectivity index (χ0) is 24.5. The van der Waals surface area contributed by atoms with E-state index < -0.39 is 0 Å². The Morgan fingerprint density at radius 2 is 2.03 bits per heavy atom. The molecule has 0 bridgehead atoms. The molecule has 1 aliphatic rings. The van der Waals surface area contributed by atoms with Crippen molar-refractivity contribution in [1.29, 1.82) is 5.26 Å². The second-order valence-corrected chi connectivity index (χ2v) is 11.9. The topological polar surface area (TPSA) is 83.6 Å². The Labute approximate surface area is 209 Å². The van der Waals surface area contributed by atoms with Crippen LogP contribution in [0.3, 0.4) is 0 Å². The highest BCUT2D eigenvalue weighted by molar-refractivity contribution is 7.99. The number of nitrogens with one attached hydrogen (secondary N) is 1. The molecule has 1 aliphatic carbocycles. The Kier molecular flexibility index (Phi) is 7.15. The summed E-state index contributed by atoms with van der Waals surface area (Å²) < 4.78 is 2.04. The molecule has 0 aliphatic heterocycles. The first-order valence-corrected chi connectivity index (χ1v) is 13.5. The van der Waals surface area contributed by atoms with Gasteiger partial charge in [0, 0.05) is 17.0 Å². The molecule has 1 N–H and O–H groups in total. The highest BCUT2D eigenvalue weighted by Crippen LogP contribution is 2.39. The van der Waals surface area contributed by atoms with Gasteiger partial charge in [0.2, 0.25) is 5.91 Å². The summed E-state index contributed by atoms with van der Waals surface area (Å²) in [5, 5.41) is 22.8. The normalized spacial score (nSPS) is 15.6. The minimum Gasteiger partial charge on any atom is -0.316 e. The summed E-state index contributed by atoms with van der Waals surface area (Å²) in [6.45, 7) is 11.6. The van der Waals surface area contributed by atoms with Crippen LogP contribution in [0.1, 0.15) is 62.6 Å². The first kappa shape index (κ1) is 24.5. The van der Waals surface area contributed by atoms with Gasteiger partial charge in [0.1, 0.15) is 11.1 Å². The fraction of sp³-hybridized carbons (Fsp3) is 0.462. The van der Waals surface area contributed by atoms with Gasteiger partial charge in [-0.15, -0.1) is 21.5 Å². The highest BCUT2D eigenvalue weighted by Gasteiger charge is 2.25. The van der Waals surface area contributed by atoms with Crippen LogP contribution in [-0.4, -0.2) is 26.4 Å². The third-order valence-electron chi connectivity index (χ3n) is 6.25. The fourth-order valence-electron chi connectivity index (χ4n) is 4.26. The largest absolute Gasteiger partial charge is 0.316 e. The van der Waals surface area contributed by atoms with Gasteiger partial charge in [0.05, 0.1) is 11.3 Å². The van der Waals surface area contributed by atoms with Crippen LogP contribution in [0, 0.1) is 17.2 Å². The van der Waals surface area contributed by atoms with Crippen molar-refractivity contribution in [2.75, 3.05) is 11.1 Å². The quantitative estimate of drug-likeness (QED) is 0.423. The van der Waals surface area contributed by atoms with E-state index in [0.717, 1.165) is 36.2 Å². The zero-order valence-corrected chi connectivity index (χ0v) is 22.1. The summed E-state index contributed by atoms with van der Waals surface area (Å²) in [6.07, 6.45) is 2.99. The van der Waals surface area contributed by atoms with Crippen LogP contribution < -0.4 is 5.32 Å². The first-order chi connectivity index (χ1) is 16.2. The molecule has 1 amide bonds. The van der Waals surface area contributed by atoms with E-state index in [-0.39, 0.29) is 17.1 Å². The SMILES string of the molecule is CCn1c(SCC(=O)Nc2sc3c(c2C#N)CCC(C)C3)nnc1-c1ccc(C(C)(C)C)cc1. The average molecular weight is 494 g/mol. The summed E-state index contributed by atoms with van der Waals surface area (Å²) in [7, 11) is 0. The van der Waals surface area contributed by atoms with Crippen LogP contribution in [0.25, 0.3) is 11.4 Å². The van der Waals surface area contributed by atoms with E-state index in [4.69, 9.17) is 0 Å². The van der Waals surface area contributed by atoms with Gasteiger partial charge in [0.25, 0.3) is 0 Å². The number of aromatic nitrogens is 3. The smallest absolute Gasteiger partial charge is 0.235 e. The number of amides is 1. The number of fused-ring (bicyclic) bond motifs is 1. The molecule has 2 heterocycles. The van der Waals surface area contributed by atoms with Crippen LogP contribution in [-0.2, 0) is 29.6 Å². The maximum absolute atomic E-state index is 12.7. The van der Waals surface area contributed by atoms with E-state index in [1.807, 2.05) is 4.57 Å². The third kappa shape index (κ3) is 5.06. The van der Waals surface area contributed by atoms with Crippen molar-refractivity contribution in [3.63, 3.8) is 0 Å². The van der Waals surface area contributed by atoms with E-state index in [0.29, 0.717) is 28.2 Å². The van der Waals surface area contributed by atoms with Gasteiger partial charge in [-0.2, -0.15) is 5.26 Å². The lowest BCUT2D eigenvalue weighted by atomic mass is 9.87. The van der Waals surface area contributed by atoms with Crippen LogP contribution in [0.15, 0.2) is 29.4 Å². The van der Waals surface area contributed by atoms with Gasteiger partial charge < -0.3 is 9.88 Å². The highest BCUT2D eigenvalue weighted by atomic mass is 32.2. The van der Waals surface area contributed by atoms with Crippen molar-refractivity contribution < 1.29 is 4.79 Å². The van der Waals surface area contributed by atoms with Crippen molar-refractivity contribution in [3.8, 4) is 17.5 Å². The number of thiophene rings is 1. The number of nitrogens with zero attached hydrogens (tertiary/aromatic N) is 4. The number of hydrogen-bond acceptors (Lipinski definition) is 6. The minimum absolute atomic E-state index is 0.0941. The van der Waals surface area contributed by atoms with Gasteiger partial charge >= 0.3 is 0 Å². The van der Waals surface area contributed by atoms with Crippen molar-refractivity contribution in [2.45, 2.75) is 71.0 Å². The maximum Gasteiger partial charge on any atom is 0.235 e. The van der Waals surface area contributed by atoms with Crippen molar-refractivity contribution in [1.82, 2.24) is 14.8 Å². The summed E-state index contributed by atoms with van der Waals surface area (Å²) in [5.41, 5.74) is 4.14. The van der Waals surface area contributed by atoms with Crippen LogP contribution in [0.5, 0.6) is 0 Å². The van der Waals surface area contributed by atoms with E-state index in [2.05, 4.69) is 80.5 Å². The molecule has 1 unspecified atom stereocenters.